The summed E-state index contributed by atoms with van der Waals surface area (Å²) in [4.78, 5) is 9.77. The molecule has 83 valence electrons. The molecule has 0 rings (SSSR count). The van der Waals surface area contributed by atoms with E-state index in [2.05, 4.69) is 0 Å². The Labute approximate surface area is 75.1 Å². The maximum absolute atomic E-state index is 11.8. The van der Waals surface area contributed by atoms with Gasteiger partial charge in [-0.25, -0.2) is 5.73 Å². The van der Waals surface area contributed by atoms with Crippen molar-refractivity contribution in [3.05, 3.63) is 0 Å². The molecule has 0 aromatic heterocycles. The third kappa shape index (κ3) is 3.95. The van der Waals surface area contributed by atoms with Gasteiger partial charge in [0.2, 0.25) is 0 Å². The lowest BCUT2D eigenvalue weighted by Gasteiger charge is -2.23. The summed E-state index contributed by atoms with van der Waals surface area (Å²) in [6.07, 6.45) is -12.8. The monoisotopic (exact) mass is 222 g/mol. The summed E-state index contributed by atoms with van der Waals surface area (Å²) in [7, 11) is 0. The molecule has 8 heteroatoms. The lowest BCUT2D eigenvalue weighted by molar-refractivity contribution is -0.286. The van der Waals surface area contributed by atoms with Crippen LogP contribution >= 0.6 is 0 Å². The number of halogens is 6. The zero-order valence-electron chi connectivity index (χ0n) is 6.62. The minimum atomic E-state index is -5.47. The number of aldehydes is 1. The molecule has 0 saturated carbocycles. The molecule has 0 aliphatic rings. The van der Waals surface area contributed by atoms with Crippen molar-refractivity contribution in [1.82, 2.24) is 5.73 Å². The number of hydrogen-bond acceptors (Lipinski definition) is 1. The van der Waals surface area contributed by atoms with Gasteiger partial charge in [0, 0.05) is 0 Å². The van der Waals surface area contributed by atoms with Gasteiger partial charge in [0.1, 0.15) is 6.29 Å². The minimum Gasteiger partial charge on any atom is -0.302 e. The molecule has 0 fully saturated rings. The van der Waals surface area contributed by atoms with Crippen LogP contribution in [0.1, 0.15) is 6.42 Å². The molecule has 1 N–H and O–H groups in total. The van der Waals surface area contributed by atoms with E-state index in [1.54, 1.807) is 0 Å². The number of alkyl halides is 6. The average molecular weight is 222 g/mol. The fraction of sp³-hybridized carbons (Fsp3) is 0.833. The van der Waals surface area contributed by atoms with Crippen LogP contribution in [-0.2, 0) is 4.79 Å². The van der Waals surface area contributed by atoms with Crippen molar-refractivity contribution >= 4 is 6.29 Å². The largest absolute Gasteiger partial charge is 0.400 e. The topological polar surface area (TPSA) is 40.9 Å². The predicted molar refractivity (Wildman–Crippen MR) is 33.2 cm³/mol. The van der Waals surface area contributed by atoms with Gasteiger partial charge in [0.15, 0.2) is 5.92 Å². The number of nitrogens with one attached hydrogen (secondary N) is 1. The van der Waals surface area contributed by atoms with E-state index in [4.69, 9.17) is 5.73 Å². The summed E-state index contributed by atoms with van der Waals surface area (Å²) >= 11 is 0. The Hall–Kier alpha value is -0.790. The van der Waals surface area contributed by atoms with Crippen molar-refractivity contribution in [2.45, 2.75) is 24.8 Å². The molecule has 0 bridgehead atoms. The highest BCUT2D eigenvalue weighted by Gasteiger charge is 2.56. The third-order valence-corrected chi connectivity index (χ3v) is 1.44. The van der Waals surface area contributed by atoms with Crippen LogP contribution < -0.4 is 5.73 Å². The van der Waals surface area contributed by atoms with Crippen molar-refractivity contribution < 1.29 is 31.1 Å². The van der Waals surface area contributed by atoms with E-state index in [9.17, 15) is 31.1 Å². The maximum atomic E-state index is 11.8. The smallest absolute Gasteiger partial charge is 0.302 e. The lowest BCUT2D eigenvalue weighted by atomic mass is 10.00. The summed E-state index contributed by atoms with van der Waals surface area (Å²) in [5, 5.41) is 0. The van der Waals surface area contributed by atoms with E-state index in [1.165, 1.54) is 0 Å². The van der Waals surface area contributed by atoms with E-state index in [0.29, 0.717) is 0 Å². The number of rotatable bonds is 3. The van der Waals surface area contributed by atoms with Crippen LogP contribution in [0, 0.1) is 5.92 Å². The number of carbonyl (C=O) groups is 1. The molecule has 0 aromatic carbocycles. The molecule has 0 aliphatic heterocycles. The molecule has 1 unspecified atom stereocenters. The maximum Gasteiger partial charge on any atom is 0.400 e. The molecule has 0 saturated heterocycles. The molecule has 1 atom stereocenters. The second-order valence-electron chi connectivity index (χ2n) is 2.61. The van der Waals surface area contributed by atoms with Crippen LogP contribution in [0.4, 0.5) is 26.3 Å². The average Bonchev–Trinajstić information content (AvgIpc) is 1.95. The number of carbonyl (C=O) groups excluding carboxylic acids is 1. The first-order valence-corrected chi connectivity index (χ1v) is 3.39. The summed E-state index contributed by atoms with van der Waals surface area (Å²) in [6.45, 7) is 0. The van der Waals surface area contributed by atoms with E-state index >= 15 is 0 Å². The predicted octanol–water partition coefficient (Wildman–Crippen LogP) is 1.97. The molecule has 0 aliphatic carbocycles. The molecular formula is C6H6F6NO. The van der Waals surface area contributed by atoms with Gasteiger partial charge in [0.25, 0.3) is 0 Å². The molecule has 14 heavy (non-hydrogen) atoms. The van der Waals surface area contributed by atoms with Crippen LogP contribution in [0.2, 0.25) is 0 Å². The summed E-state index contributed by atoms with van der Waals surface area (Å²) in [5.74, 6) is -3.61. The molecule has 0 spiro atoms. The molecular weight excluding hydrogens is 216 g/mol. The summed E-state index contributed by atoms with van der Waals surface area (Å²) in [5.41, 5.74) is 6.54. The van der Waals surface area contributed by atoms with Crippen molar-refractivity contribution in [3.63, 3.8) is 0 Å². The Balaban J connectivity index is 4.67. The van der Waals surface area contributed by atoms with Gasteiger partial charge in [-0.3, -0.25) is 0 Å². The lowest BCUT2D eigenvalue weighted by Crippen LogP contribution is -2.39. The summed E-state index contributed by atoms with van der Waals surface area (Å²) < 4.78 is 70.8. The molecule has 2 nitrogen and oxygen atoms in total. The minimum absolute atomic E-state index is 0.259. The first-order chi connectivity index (χ1) is 6.09. The van der Waals surface area contributed by atoms with Crippen molar-refractivity contribution in [1.29, 1.82) is 0 Å². The number of hydrogen-bond donors (Lipinski definition) is 0. The Morgan fingerprint density at radius 3 is 1.64 bits per heavy atom. The van der Waals surface area contributed by atoms with Gasteiger partial charge in [-0.15, -0.1) is 0 Å². The first-order valence-electron chi connectivity index (χ1n) is 3.39. The Bertz CT molecular complexity index is 183. The van der Waals surface area contributed by atoms with Crippen LogP contribution in [0.25, 0.3) is 0 Å². The highest BCUT2D eigenvalue weighted by Crippen LogP contribution is 2.41. The Morgan fingerprint density at radius 1 is 1.07 bits per heavy atom. The third-order valence-electron chi connectivity index (χ3n) is 1.44. The van der Waals surface area contributed by atoms with Gasteiger partial charge in [0.05, 0.1) is 6.04 Å². The van der Waals surface area contributed by atoms with Crippen molar-refractivity contribution in [3.8, 4) is 0 Å². The van der Waals surface area contributed by atoms with Crippen LogP contribution in [-0.4, -0.2) is 24.7 Å². The normalized spacial score (nSPS) is 15.7. The van der Waals surface area contributed by atoms with E-state index < -0.39 is 30.7 Å². The highest BCUT2D eigenvalue weighted by atomic mass is 19.4. The standard InChI is InChI=1S/C6H6F6NO/c7-5(8,9)4(6(10,11)12)1-3(13)2-14/h2-4,13H,1H2. The Kier molecular flexibility index (Phi) is 3.92. The quantitative estimate of drug-likeness (QED) is 0.531. The molecule has 1 radical (unpaired) electrons. The zero-order valence-corrected chi connectivity index (χ0v) is 6.62. The van der Waals surface area contributed by atoms with Gasteiger partial charge >= 0.3 is 12.4 Å². The molecule has 0 heterocycles. The van der Waals surface area contributed by atoms with Crippen molar-refractivity contribution in [2.75, 3.05) is 0 Å². The molecule has 0 aromatic rings. The van der Waals surface area contributed by atoms with E-state index in [-0.39, 0.29) is 6.29 Å². The second-order valence-corrected chi connectivity index (χ2v) is 2.61. The van der Waals surface area contributed by atoms with E-state index in [1.807, 2.05) is 0 Å². The van der Waals surface area contributed by atoms with Crippen LogP contribution in [0.3, 0.4) is 0 Å². The highest BCUT2D eigenvalue weighted by molar-refractivity contribution is 5.56. The van der Waals surface area contributed by atoms with Crippen molar-refractivity contribution in [2.24, 2.45) is 5.92 Å². The zero-order chi connectivity index (χ0) is 11.6. The van der Waals surface area contributed by atoms with Gasteiger partial charge in [-0.05, 0) is 6.42 Å². The SMILES string of the molecule is [NH]C(C=O)CC(C(F)(F)F)C(F)(F)F. The van der Waals surface area contributed by atoms with Crippen LogP contribution in [0.15, 0.2) is 0 Å². The van der Waals surface area contributed by atoms with Gasteiger partial charge < -0.3 is 4.79 Å². The Morgan fingerprint density at radius 2 is 1.43 bits per heavy atom. The fourth-order valence-electron chi connectivity index (χ4n) is 0.762. The van der Waals surface area contributed by atoms with E-state index in [0.717, 1.165) is 0 Å². The van der Waals surface area contributed by atoms with Crippen LogP contribution in [0.5, 0.6) is 0 Å². The van der Waals surface area contributed by atoms with Gasteiger partial charge in [-0.1, -0.05) is 0 Å². The second kappa shape index (κ2) is 4.16. The van der Waals surface area contributed by atoms with Gasteiger partial charge in [-0.2, -0.15) is 26.3 Å². The fourth-order valence-corrected chi connectivity index (χ4v) is 0.762. The molecule has 0 amide bonds. The summed E-state index contributed by atoms with van der Waals surface area (Å²) in [6, 6.07) is -2.01. The first kappa shape index (κ1) is 13.2.